The second-order valence-corrected chi connectivity index (χ2v) is 3.95. The smallest absolute Gasteiger partial charge is 0.328 e. The van der Waals surface area contributed by atoms with Gasteiger partial charge >= 0.3 is 5.97 Å². The fourth-order valence-electron chi connectivity index (χ4n) is 1.05. The number of aliphatic carboxylic acids is 1. The standard InChI is InChI=1S/C9H9NO2S/c11-8(12)4-3-7-5-13-9(10-7)6-1-2-6/h3-6H,1-2H2,(H,11,12)/b4-3+. The molecule has 1 fully saturated rings. The summed E-state index contributed by atoms with van der Waals surface area (Å²) < 4.78 is 0. The summed E-state index contributed by atoms with van der Waals surface area (Å²) in [5.41, 5.74) is 0.759. The van der Waals surface area contributed by atoms with Gasteiger partial charge in [0.25, 0.3) is 0 Å². The first kappa shape index (κ1) is 8.44. The highest BCUT2D eigenvalue weighted by Crippen LogP contribution is 2.41. The summed E-state index contributed by atoms with van der Waals surface area (Å²) in [5.74, 6) is -0.280. The van der Waals surface area contributed by atoms with Crippen molar-refractivity contribution in [2.75, 3.05) is 0 Å². The molecule has 4 heteroatoms. The molecule has 3 nitrogen and oxygen atoms in total. The second-order valence-electron chi connectivity index (χ2n) is 3.06. The van der Waals surface area contributed by atoms with E-state index in [1.807, 2.05) is 5.38 Å². The molecular weight excluding hydrogens is 186 g/mol. The van der Waals surface area contributed by atoms with Crippen LogP contribution >= 0.6 is 11.3 Å². The number of carbonyl (C=O) groups is 1. The monoisotopic (exact) mass is 195 g/mol. The van der Waals surface area contributed by atoms with Crippen molar-refractivity contribution >= 4 is 23.4 Å². The van der Waals surface area contributed by atoms with E-state index in [4.69, 9.17) is 5.11 Å². The molecule has 1 aromatic heterocycles. The summed E-state index contributed by atoms with van der Waals surface area (Å²) >= 11 is 1.62. The van der Waals surface area contributed by atoms with E-state index in [9.17, 15) is 4.79 Å². The molecule has 68 valence electrons. The summed E-state index contributed by atoms with van der Waals surface area (Å²) in [4.78, 5) is 14.5. The summed E-state index contributed by atoms with van der Waals surface area (Å²) in [5, 5.41) is 11.4. The van der Waals surface area contributed by atoms with E-state index in [0.29, 0.717) is 5.92 Å². The van der Waals surface area contributed by atoms with Crippen molar-refractivity contribution in [2.24, 2.45) is 0 Å². The van der Waals surface area contributed by atoms with Crippen LogP contribution in [0.2, 0.25) is 0 Å². The average molecular weight is 195 g/mol. The Hall–Kier alpha value is -1.16. The summed E-state index contributed by atoms with van der Waals surface area (Å²) in [6.07, 6.45) is 5.11. The van der Waals surface area contributed by atoms with Crippen molar-refractivity contribution in [3.63, 3.8) is 0 Å². The van der Waals surface area contributed by atoms with Gasteiger partial charge in [-0.05, 0) is 18.9 Å². The van der Waals surface area contributed by atoms with E-state index in [2.05, 4.69) is 4.98 Å². The maximum atomic E-state index is 10.2. The minimum absolute atomic E-state index is 0.650. The lowest BCUT2D eigenvalue weighted by Gasteiger charge is -1.84. The third-order valence-electron chi connectivity index (χ3n) is 1.86. The number of carboxylic acids is 1. The van der Waals surface area contributed by atoms with Gasteiger partial charge in [0.05, 0.1) is 10.7 Å². The van der Waals surface area contributed by atoms with Crippen LogP contribution in [0.1, 0.15) is 29.5 Å². The van der Waals surface area contributed by atoms with E-state index >= 15 is 0 Å². The fraction of sp³-hybridized carbons (Fsp3) is 0.333. The van der Waals surface area contributed by atoms with Crippen LogP contribution in [0.25, 0.3) is 6.08 Å². The third-order valence-corrected chi connectivity index (χ3v) is 2.89. The molecule has 0 saturated heterocycles. The average Bonchev–Trinajstić information content (AvgIpc) is 2.83. The lowest BCUT2D eigenvalue weighted by atomic mass is 10.4. The number of hydrogen-bond donors (Lipinski definition) is 1. The van der Waals surface area contributed by atoms with Gasteiger partial charge in [0.1, 0.15) is 0 Å². The maximum absolute atomic E-state index is 10.2. The highest BCUT2D eigenvalue weighted by molar-refractivity contribution is 7.09. The summed E-state index contributed by atoms with van der Waals surface area (Å²) in [6, 6.07) is 0. The van der Waals surface area contributed by atoms with Gasteiger partial charge < -0.3 is 5.11 Å². The highest BCUT2D eigenvalue weighted by atomic mass is 32.1. The number of carboxylic acid groups (broad SMARTS) is 1. The first-order chi connectivity index (χ1) is 6.25. The Morgan fingerprint density at radius 3 is 3.08 bits per heavy atom. The van der Waals surface area contributed by atoms with E-state index in [1.54, 1.807) is 11.3 Å². The fourth-order valence-corrected chi connectivity index (χ4v) is 2.01. The normalized spacial score (nSPS) is 16.6. The van der Waals surface area contributed by atoms with Crippen LogP contribution in [-0.2, 0) is 4.79 Å². The summed E-state index contributed by atoms with van der Waals surface area (Å²) in [7, 11) is 0. The van der Waals surface area contributed by atoms with Crippen LogP contribution in [0.5, 0.6) is 0 Å². The Kier molecular flexibility index (Phi) is 2.14. The molecule has 0 aromatic carbocycles. The Labute approximate surface area is 79.7 Å². The van der Waals surface area contributed by atoms with Crippen LogP contribution in [0.4, 0.5) is 0 Å². The minimum Gasteiger partial charge on any atom is -0.478 e. The van der Waals surface area contributed by atoms with Gasteiger partial charge in [-0.3, -0.25) is 0 Å². The third kappa shape index (κ3) is 2.15. The largest absolute Gasteiger partial charge is 0.478 e. The predicted octanol–water partition coefficient (Wildman–Crippen LogP) is 2.12. The molecule has 1 aliphatic carbocycles. The molecule has 1 aliphatic rings. The molecule has 0 unspecified atom stereocenters. The second kappa shape index (κ2) is 3.30. The Balaban J connectivity index is 2.08. The zero-order valence-electron chi connectivity index (χ0n) is 6.93. The van der Waals surface area contributed by atoms with Gasteiger partial charge in [-0.1, -0.05) is 0 Å². The highest BCUT2D eigenvalue weighted by Gasteiger charge is 2.26. The molecule has 1 N–H and O–H groups in total. The topological polar surface area (TPSA) is 50.2 Å². The molecule has 0 aliphatic heterocycles. The van der Waals surface area contributed by atoms with Crippen molar-refractivity contribution in [3.8, 4) is 0 Å². The number of nitrogens with zero attached hydrogens (tertiary/aromatic N) is 1. The van der Waals surface area contributed by atoms with Gasteiger partial charge in [-0.15, -0.1) is 11.3 Å². The molecule has 0 radical (unpaired) electrons. The molecule has 13 heavy (non-hydrogen) atoms. The van der Waals surface area contributed by atoms with Gasteiger partial charge in [-0.2, -0.15) is 0 Å². The molecular formula is C9H9NO2S. The quantitative estimate of drug-likeness (QED) is 0.751. The molecule has 0 amide bonds. The zero-order valence-corrected chi connectivity index (χ0v) is 7.75. The lowest BCUT2D eigenvalue weighted by molar-refractivity contribution is -0.131. The Bertz CT molecular complexity index is 352. The minimum atomic E-state index is -0.930. The predicted molar refractivity (Wildman–Crippen MR) is 50.8 cm³/mol. The molecule has 0 bridgehead atoms. The van der Waals surface area contributed by atoms with Crippen molar-refractivity contribution in [2.45, 2.75) is 18.8 Å². The molecule has 0 atom stereocenters. The molecule has 1 saturated carbocycles. The molecule has 1 aromatic rings. The number of aromatic nitrogens is 1. The van der Waals surface area contributed by atoms with Crippen LogP contribution in [0.3, 0.4) is 0 Å². The number of hydrogen-bond acceptors (Lipinski definition) is 3. The molecule has 2 rings (SSSR count). The van der Waals surface area contributed by atoms with Crippen LogP contribution < -0.4 is 0 Å². The van der Waals surface area contributed by atoms with E-state index < -0.39 is 5.97 Å². The van der Waals surface area contributed by atoms with E-state index in [1.165, 1.54) is 18.9 Å². The van der Waals surface area contributed by atoms with Crippen LogP contribution in [0, 0.1) is 0 Å². The summed E-state index contributed by atoms with van der Waals surface area (Å²) in [6.45, 7) is 0. The van der Waals surface area contributed by atoms with Crippen LogP contribution in [0.15, 0.2) is 11.5 Å². The molecule has 1 heterocycles. The van der Waals surface area contributed by atoms with Gasteiger partial charge in [0, 0.05) is 17.4 Å². The van der Waals surface area contributed by atoms with E-state index in [-0.39, 0.29) is 0 Å². The first-order valence-electron chi connectivity index (χ1n) is 4.12. The maximum Gasteiger partial charge on any atom is 0.328 e. The van der Waals surface area contributed by atoms with Crippen molar-refractivity contribution < 1.29 is 9.90 Å². The van der Waals surface area contributed by atoms with E-state index in [0.717, 1.165) is 16.8 Å². The van der Waals surface area contributed by atoms with Crippen molar-refractivity contribution in [3.05, 3.63) is 22.2 Å². The Morgan fingerprint density at radius 2 is 2.46 bits per heavy atom. The molecule has 0 spiro atoms. The first-order valence-corrected chi connectivity index (χ1v) is 5.00. The lowest BCUT2D eigenvalue weighted by Crippen LogP contribution is -1.85. The van der Waals surface area contributed by atoms with Gasteiger partial charge in [0.15, 0.2) is 0 Å². The van der Waals surface area contributed by atoms with Gasteiger partial charge in [-0.25, -0.2) is 9.78 Å². The SMILES string of the molecule is O=C(O)/C=C/c1csc(C2CC2)n1. The number of rotatable bonds is 3. The van der Waals surface area contributed by atoms with Gasteiger partial charge in [0.2, 0.25) is 0 Å². The number of thiazole rings is 1. The zero-order chi connectivity index (χ0) is 9.26. The van der Waals surface area contributed by atoms with Crippen molar-refractivity contribution in [1.29, 1.82) is 0 Å². The van der Waals surface area contributed by atoms with Crippen LogP contribution in [-0.4, -0.2) is 16.1 Å². The van der Waals surface area contributed by atoms with Crippen molar-refractivity contribution in [1.82, 2.24) is 4.98 Å². The Morgan fingerprint density at radius 1 is 1.69 bits per heavy atom.